The molecule has 0 heterocycles. The molecule has 27 heavy (non-hydrogen) atoms. The monoisotopic (exact) mass is 371 g/mol. The molecule has 0 aliphatic rings. The minimum atomic E-state index is -0.162. The normalized spacial score (nSPS) is 11.8. The third-order valence-electron chi connectivity index (χ3n) is 4.47. The molecule has 0 aliphatic heterocycles. The van der Waals surface area contributed by atoms with E-state index in [9.17, 15) is 4.79 Å². The summed E-state index contributed by atoms with van der Waals surface area (Å²) in [6.45, 7) is 6.28. The minimum Gasteiger partial charge on any atom is -0.493 e. The van der Waals surface area contributed by atoms with Gasteiger partial charge in [-0.3, -0.25) is 4.79 Å². The summed E-state index contributed by atoms with van der Waals surface area (Å²) in [5.74, 6) is 2.30. The van der Waals surface area contributed by atoms with Gasteiger partial charge in [0, 0.05) is 0 Å². The number of hydrogen-bond donors (Lipinski definition) is 1. The molecule has 0 radical (unpaired) electrons. The quantitative estimate of drug-likeness (QED) is 0.706. The van der Waals surface area contributed by atoms with Crippen LogP contribution in [-0.2, 0) is 4.79 Å². The Morgan fingerprint density at radius 3 is 2.15 bits per heavy atom. The van der Waals surface area contributed by atoms with E-state index in [-0.39, 0.29) is 18.6 Å². The van der Waals surface area contributed by atoms with Gasteiger partial charge in [0.05, 0.1) is 20.3 Å². The van der Waals surface area contributed by atoms with Crippen LogP contribution >= 0.6 is 0 Å². The summed E-state index contributed by atoms with van der Waals surface area (Å²) in [6.07, 6.45) is 0.754. The molecule has 2 rings (SSSR count). The second-order valence-electron chi connectivity index (χ2n) is 6.66. The summed E-state index contributed by atoms with van der Waals surface area (Å²) in [4.78, 5) is 12.3. The number of benzene rings is 2. The first-order chi connectivity index (χ1) is 13.0. The highest BCUT2D eigenvalue weighted by Gasteiger charge is 2.15. The summed E-state index contributed by atoms with van der Waals surface area (Å²) in [5.41, 5.74) is 2.20. The molecule has 1 atom stereocenters. The van der Waals surface area contributed by atoms with Crippen LogP contribution in [-0.4, -0.2) is 26.7 Å². The summed E-state index contributed by atoms with van der Waals surface area (Å²) >= 11 is 0. The summed E-state index contributed by atoms with van der Waals surface area (Å²) in [5, 5.41) is 3.01. The van der Waals surface area contributed by atoms with Crippen molar-refractivity contribution >= 4 is 5.91 Å². The summed E-state index contributed by atoms with van der Waals surface area (Å²) < 4.78 is 16.2. The fourth-order valence-electron chi connectivity index (χ4n) is 2.82. The van der Waals surface area contributed by atoms with Gasteiger partial charge in [-0.05, 0) is 47.7 Å². The van der Waals surface area contributed by atoms with Gasteiger partial charge in [0.1, 0.15) is 5.75 Å². The number of carbonyl (C=O) groups is 1. The Morgan fingerprint density at radius 2 is 1.59 bits per heavy atom. The molecule has 0 saturated carbocycles. The second kappa shape index (κ2) is 9.86. The highest BCUT2D eigenvalue weighted by atomic mass is 16.5. The fraction of sp³-hybridized carbons (Fsp3) is 0.409. The highest BCUT2D eigenvalue weighted by Crippen LogP contribution is 2.30. The molecule has 0 spiro atoms. The summed E-state index contributed by atoms with van der Waals surface area (Å²) in [7, 11) is 3.20. The molecule has 146 valence electrons. The van der Waals surface area contributed by atoms with E-state index in [0.717, 1.165) is 12.0 Å². The first-order valence-electron chi connectivity index (χ1n) is 9.22. The van der Waals surface area contributed by atoms with E-state index in [1.165, 1.54) is 5.56 Å². The number of carbonyl (C=O) groups excluding carboxylic acids is 1. The van der Waals surface area contributed by atoms with Crippen molar-refractivity contribution in [2.45, 2.75) is 39.2 Å². The van der Waals surface area contributed by atoms with Crippen LogP contribution in [0.25, 0.3) is 0 Å². The van der Waals surface area contributed by atoms with Crippen LogP contribution in [0.3, 0.4) is 0 Å². The van der Waals surface area contributed by atoms with Gasteiger partial charge in [0.2, 0.25) is 0 Å². The van der Waals surface area contributed by atoms with Gasteiger partial charge in [0.25, 0.3) is 5.91 Å². The zero-order valence-corrected chi connectivity index (χ0v) is 16.7. The molecule has 2 aromatic carbocycles. The lowest BCUT2D eigenvalue weighted by molar-refractivity contribution is -0.123. The molecule has 0 aliphatic carbocycles. The van der Waals surface area contributed by atoms with E-state index in [1.807, 2.05) is 49.4 Å². The average molecular weight is 371 g/mol. The van der Waals surface area contributed by atoms with Crippen LogP contribution in [0.15, 0.2) is 42.5 Å². The molecule has 5 heteroatoms. The van der Waals surface area contributed by atoms with Crippen LogP contribution in [0.1, 0.15) is 50.3 Å². The van der Waals surface area contributed by atoms with E-state index in [1.54, 1.807) is 14.2 Å². The first kappa shape index (κ1) is 20.6. The van der Waals surface area contributed by atoms with Gasteiger partial charge in [-0.2, -0.15) is 0 Å². The molecular weight excluding hydrogens is 342 g/mol. The molecule has 0 unspecified atom stereocenters. The van der Waals surface area contributed by atoms with E-state index in [0.29, 0.717) is 23.2 Å². The van der Waals surface area contributed by atoms with Crippen molar-refractivity contribution in [3.63, 3.8) is 0 Å². The van der Waals surface area contributed by atoms with Crippen LogP contribution in [0.2, 0.25) is 0 Å². The van der Waals surface area contributed by atoms with E-state index in [2.05, 4.69) is 19.2 Å². The predicted octanol–water partition coefficient (Wildman–Crippen LogP) is 4.47. The van der Waals surface area contributed by atoms with Gasteiger partial charge >= 0.3 is 0 Å². The smallest absolute Gasteiger partial charge is 0.258 e. The number of rotatable bonds is 9. The average Bonchev–Trinajstić information content (AvgIpc) is 2.70. The number of nitrogens with one attached hydrogen (secondary N) is 1. The molecule has 0 saturated heterocycles. The number of ether oxygens (including phenoxy) is 3. The Kier molecular flexibility index (Phi) is 7.53. The molecule has 1 amide bonds. The Balaban J connectivity index is 1.96. The zero-order chi connectivity index (χ0) is 19.8. The Labute approximate surface area is 161 Å². The summed E-state index contributed by atoms with van der Waals surface area (Å²) in [6, 6.07) is 13.4. The Bertz CT molecular complexity index is 740. The third-order valence-corrected chi connectivity index (χ3v) is 4.47. The molecule has 1 N–H and O–H groups in total. The van der Waals surface area contributed by atoms with Crippen molar-refractivity contribution in [2.24, 2.45) is 0 Å². The van der Waals surface area contributed by atoms with Crippen molar-refractivity contribution < 1.29 is 19.0 Å². The van der Waals surface area contributed by atoms with Gasteiger partial charge in [-0.25, -0.2) is 0 Å². The number of methoxy groups -OCH3 is 2. The molecule has 0 bridgehead atoms. The van der Waals surface area contributed by atoms with E-state index < -0.39 is 0 Å². The lowest BCUT2D eigenvalue weighted by atomic mass is 10.0. The lowest BCUT2D eigenvalue weighted by Crippen LogP contribution is -2.32. The third kappa shape index (κ3) is 5.64. The van der Waals surface area contributed by atoms with Gasteiger partial charge < -0.3 is 19.5 Å². The van der Waals surface area contributed by atoms with Crippen LogP contribution in [0, 0.1) is 0 Å². The topological polar surface area (TPSA) is 56.8 Å². The molecule has 0 fully saturated rings. The first-order valence-corrected chi connectivity index (χ1v) is 9.22. The molecular formula is C22H29NO4. The van der Waals surface area contributed by atoms with Crippen LogP contribution < -0.4 is 19.5 Å². The lowest BCUT2D eigenvalue weighted by Gasteiger charge is -2.19. The minimum absolute atomic E-state index is 0.0230. The standard InChI is InChI=1S/C22H29NO4/c1-6-19(17-9-12-20(25-4)21(13-17)26-5)23-22(24)14-27-18-10-7-16(8-11-18)15(2)3/h7-13,15,19H,6,14H2,1-5H3,(H,23,24)/t19-/m0/s1. The molecule has 0 aromatic heterocycles. The van der Waals surface area contributed by atoms with Gasteiger partial charge in [-0.1, -0.05) is 39.0 Å². The molecule has 2 aromatic rings. The van der Waals surface area contributed by atoms with Crippen LogP contribution in [0.4, 0.5) is 0 Å². The predicted molar refractivity (Wildman–Crippen MR) is 107 cm³/mol. The van der Waals surface area contributed by atoms with Crippen molar-refractivity contribution in [1.82, 2.24) is 5.32 Å². The maximum Gasteiger partial charge on any atom is 0.258 e. The van der Waals surface area contributed by atoms with Crippen molar-refractivity contribution in [2.75, 3.05) is 20.8 Å². The van der Waals surface area contributed by atoms with Gasteiger partial charge in [0.15, 0.2) is 18.1 Å². The molecule has 5 nitrogen and oxygen atoms in total. The van der Waals surface area contributed by atoms with Gasteiger partial charge in [-0.15, -0.1) is 0 Å². The number of amides is 1. The fourth-order valence-corrected chi connectivity index (χ4v) is 2.82. The van der Waals surface area contributed by atoms with E-state index in [4.69, 9.17) is 14.2 Å². The highest BCUT2D eigenvalue weighted by molar-refractivity contribution is 5.78. The van der Waals surface area contributed by atoms with Crippen molar-refractivity contribution in [3.05, 3.63) is 53.6 Å². The van der Waals surface area contributed by atoms with Crippen molar-refractivity contribution in [1.29, 1.82) is 0 Å². The maximum atomic E-state index is 12.3. The Hall–Kier alpha value is -2.69. The van der Waals surface area contributed by atoms with Crippen LogP contribution in [0.5, 0.6) is 17.2 Å². The van der Waals surface area contributed by atoms with Crippen molar-refractivity contribution in [3.8, 4) is 17.2 Å². The largest absolute Gasteiger partial charge is 0.493 e. The zero-order valence-electron chi connectivity index (χ0n) is 16.7. The number of hydrogen-bond acceptors (Lipinski definition) is 4. The van der Waals surface area contributed by atoms with E-state index >= 15 is 0 Å². The second-order valence-corrected chi connectivity index (χ2v) is 6.66. The Morgan fingerprint density at radius 1 is 0.963 bits per heavy atom. The maximum absolute atomic E-state index is 12.3. The SMILES string of the molecule is CC[C@H](NC(=O)COc1ccc(C(C)C)cc1)c1ccc(OC)c(OC)c1.